The zero-order chi connectivity index (χ0) is 13.0. The molecule has 0 bridgehead atoms. The molecular weight excluding hydrogens is 294 g/mol. The Hall–Kier alpha value is -1.68. The lowest BCUT2D eigenvalue weighted by molar-refractivity contribution is 0.305. The van der Waals surface area contributed by atoms with Gasteiger partial charge in [-0.3, -0.25) is 0 Å². The van der Waals surface area contributed by atoms with E-state index in [1.165, 1.54) is 0 Å². The molecule has 0 aliphatic heterocycles. The van der Waals surface area contributed by atoms with Crippen LogP contribution in [0.4, 0.5) is 5.69 Å². The standard InChI is InChI=1S/C14H14BrNO2/c1-17-10-5-7-11(8-6-10)18-9-12-13(15)3-2-4-14(12)16/h2-8H,9,16H2,1H3. The normalized spacial score (nSPS) is 10.1. The Kier molecular flexibility index (Phi) is 4.10. The van der Waals surface area contributed by atoms with Crippen LogP contribution in [0.1, 0.15) is 5.56 Å². The Balaban J connectivity index is 2.06. The van der Waals surface area contributed by atoms with Crippen molar-refractivity contribution in [3.8, 4) is 11.5 Å². The monoisotopic (exact) mass is 307 g/mol. The summed E-state index contributed by atoms with van der Waals surface area (Å²) in [6, 6.07) is 13.2. The third kappa shape index (κ3) is 2.96. The van der Waals surface area contributed by atoms with Crippen molar-refractivity contribution in [2.75, 3.05) is 12.8 Å². The van der Waals surface area contributed by atoms with E-state index >= 15 is 0 Å². The van der Waals surface area contributed by atoms with Crippen LogP contribution in [0.2, 0.25) is 0 Å². The van der Waals surface area contributed by atoms with Gasteiger partial charge < -0.3 is 15.2 Å². The molecule has 18 heavy (non-hydrogen) atoms. The molecule has 0 fully saturated rings. The fourth-order valence-corrected chi connectivity index (χ4v) is 2.05. The third-order valence-electron chi connectivity index (χ3n) is 2.60. The number of nitrogen functional groups attached to an aromatic ring is 1. The molecular formula is C14H14BrNO2. The van der Waals surface area contributed by atoms with E-state index in [1.54, 1.807) is 7.11 Å². The van der Waals surface area contributed by atoms with Crippen molar-refractivity contribution >= 4 is 21.6 Å². The van der Waals surface area contributed by atoms with Crippen LogP contribution in [0.3, 0.4) is 0 Å². The molecule has 0 aliphatic carbocycles. The number of anilines is 1. The zero-order valence-electron chi connectivity index (χ0n) is 10.0. The van der Waals surface area contributed by atoms with Crippen molar-refractivity contribution in [2.24, 2.45) is 0 Å². The van der Waals surface area contributed by atoms with Crippen molar-refractivity contribution in [3.05, 3.63) is 52.5 Å². The minimum absolute atomic E-state index is 0.430. The Bertz CT molecular complexity index is 506. The van der Waals surface area contributed by atoms with E-state index in [1.807, 2.05) is 42.5 Å². The molecule has 2 rings (SSSR count). The summed E-state index contributed by atoms with van der Waals surface area (Å²) in [5, 5.41) is 0. The highest BCUT2D eigenvalue weighted by Gasteiger charge is 2.05. The van der Waals surface area contributed by atoms with Crippen LogP contribution >= 0.6 is 15.9 Å². The van der Waals surface area contributed by atoms with Gasteiger partial charge in [-0.2, -0.15) is 0 Å². The summed E-state index contributed by atoms with van der Waals surface area (Å²) in [7, 11) is 1.64. The Morgan fingerprint density at radius 3 is 2.33 bits per heavy atom. The number of rotatable bonds is 4. The summed E-state index contributed by atoms with van der Waals surface area (Å²) in [4.78, 5) is 0. The lowest BCUT2D eigenvalue weighted by Gasteiger charge is -2.10. The van der Waals surface area contributed by atoms with Gasteiger partial charge in [-0.25, -0.2) is 0 Å². The highest BCUT2D eigenvalue weighted by atomic mass is 79.9. The minimum atomic E-state index is 0.430. The summed E-state index contributed by atoms with van der Waals surface area (Å²) < 4.78 is 11.7. The number of ether oxygens (including phenoxy) is 2. The molecule has 4 heteroatoms. The van der Waals surface area contributed by atoms with E-state index in [2.05, 4.69) is 15.9 Å². The summed E-state index contributed by atoms with van der Waals surface area (Å²) in [5.74, 6) is 1.59. The van der Waals surface area contributed by atoms with Crippen LogP contribution in [0.5, 0.6) is 11.5 Å². The summed E-state index contributed by atoms with van der Waals surface area (Å²) in [6.07, 6.45) is 0. The second kappa shape index (κ2) is 5.78. The third-order valence-corrected chi connectivity index (χ3v) is 3.34. The Morgan fingerprint density at radius 1 is 1.06 bits per heavy atom. The predicted molar refractivity (Wildman–Crippen MR) is 75.9 cm³/mol. The van der Waals surface area contributed by atoms with Crippen LogP contribution in [-0.2, 0) is 6.61 Å². The van der Waals surface area contributed by atoms with Crippen molar-refractivity contribution < 1.29 is 9.47 Å². The van der Waals surface area contributed by atoms with E-state index in [0.29, 0.717) is 6.61 Å². The van der Waals surface area contributed by atoms with Gasteiger partial charge in [0.15, 0.2) is 0 Å². The van der Waals surface area contributed by atoms with E-state index < -0.39 is 0 Å². The quantitative estimate of drug-likeness (QED) is 0.877. The maximum atomic E-state index is 5.90. The SMILES string of the molecule is COc1ccc(OCc2c(N)cccc2Br)cc1. The van der Waals surface area contributed by atoms with E-state index in [0.717, 1.165) is 27.2 Å². The number of hydrogen-bond donors (Lipinski definition) is 1. The maximum Gasteiger partial charge on any atom is 0.120 e. The lowest BCUT2D eigenvalue weighted by Crippen LogP contribution is -2.01. The molecule has 0 saturated carbocycles. The molecule has 0 aliphatic rings. The minimum Gasteiger partial charge on any atom is -0.497 e. The largest absolute Gasteiger partial charge is 0.497 e. The Morgan fingerprint density at radius 2 is 1.72 bits per heavy atom. The maximum absolute atomic E-state index is 5.90. The van der Waals surface area contributed by atoms with E-state index in [9.17, 15) is 0 Å². The first-order chi connectivity index (χ1) is 8.70. The van der Waals surface area contributed by atoms with E-state index in [-0.39, 0.29) is 0 Å². The van der Waals surface area contributed by atoms with E-state index in [4.69, 9.17) is 15.2 Å². The molecule has 0 spiro atoms. The summed E-state index contributed by atoms with van der Waals surface area (Å²) >= 11 is 3.46. The second-order valence-corrected chi connectivity index (χ2v) is 4.63. The molecule has 3 nitrogen and oxygen atoms in total. The fraction of sp³-hybridized carbons (Fsp3) is 0.143. The van der Waals surface area contributed by atoms with Gasteiger partial charge in [0.1, 0.15) is 18.1 Å². The van der Waals surface area contributed by atoms with Gasteiger partial charge in [0.2, 0.25) is 0 Å². The molecule has 2 aromatic carbocycles. The number of hydrogen-bond acceptors (Lipinski definition) is 3. The molecule has 0 atom stereocenters. The molecule has 2 aromatic rings. The highest BCUT2D eigenvalue weighted by molar-refractivity contribution is 9.10. The Labute approximate surface area is 115 Å². The average molecular weight is 308 g/mol. The van der Waals surface area contributed by atoms with Crippen molar-refractivity contribution in [1.29, 1.82) is 0 Å². The van der Waals surface area contributed by atoms with Crippen molar-refractivity contribution in [3.63, 3.8) is 0 Å². The van der Waals surface area contributed by atoms with Gasteiger partial charge in [-0.05, 0) is 36.4 Å². The molecule has 94 valence electrons. The van der Waals surface area contributed by atoms with Crippen LogP contribution < -0.4 is 15.2 Å². The van der Waals surface area contributed by atoms with Crippen LogP contribution in [0, 0.1) is 0 Å². The topological polar surface area (TPSA) is 44.5 Å². The fourth-order valence-electron chi connectivity index (χ4n) is 1.56. The molecule has 0 amide bonds. The summed E-state index contributed by atoms with van der Waals surface area (Å²) in [6.45, 7) is 0.430. The molecule has 0 radical (unpaired) electrons. The lowest BCUT2D eigenvalue weighted by atomic mass is 10.2. The first-order valence-electron chi connectivity index (χ1n) is 5.50. The van der Waals surface area contributed by atoms with Crippen LogP contribution in [0.15, 0.2) is 46.9 Å². The van der Waals surface area contributed by atoms with Gasteiger partial charge >= 0.3 is 0 Å². The highest BCUT2D eigenvalue weighted by Crippen LogP contribution is 2.25. The molecule has 2 N–H and O–H groups in total. The summed E-state index contributed by atoms with van der Waals surface area (Å²) in [5.41, 5.74) is 7.57. The first kappa shape index (κ1) is 12.8. The molecule has 0 heterocycles. The average Bonchev–Trinajstić information content (AvgIpc) is 2.39. The predicted octanol–water partition coefficient (Wildman–Crippen LogP) is 3.62. The van der Waals surface area contributed by atoms with Crippen molar-refractivity contribution in [2.45, 2.75) is 6.61 Å². The smallest absolute Gasteiger partial charge is 0.120 e. The van der Waals surface area contributed by atoms with Gasteiger partial charge in [-0.1, -0.05) is 22.0 Å². The van der Waals surface area contributed by atoms with Gasteiger partial charge in [0.25, 0.3) is 0 Å². The van der Waals surface area contributed by atoms with Gasteiger partial charge in [0, 0.05) is 15.7 Å². The number of benzene rings is 2. The van der Waals surface area contributed by atoms with Crippen molar-refractivity contribution in [1.82, 2.24) is 0 Å². The number of nitrogens with two attached hydrogens (primary N) is 1. The van der Waals surface area contributed by atoms with Crippen LogP contribution in [-0.4, -0.2) is 7.11 Å². The molecule has 0 unspecified atom stereocenters. The second-order valence-electron chi connectivity index (χ2n) is 3.77. The van der Waals surface area contributed by atoms with Gasteiger partial charge in [0.05, 0.1) is 7.11 Å². The molecule has 0 aromatic heterocycles. The first-order valence-corrected chi connectivity index (χ1v) is 6.29. The van der Waals surface area contributed by atoms with Crippen LogP contribution in [0.25, 0.3) is 0 Å². The number of halogens is 1. The zero-order valence-corrected chi connectivity index (χ0v) is 11.6. The molecule has 0 saturated heterocycles. The number of methoxy groups -OCH3 is 1. The van der Waals surface area contributed by atoms with Gasteiger partial charge in [-0.15, -0.1) is 0 Å².